The van der Waals surface area contributed by atoms with Crippen LogP contribution in [0.15, 0.2) is 54.9 Å². The van der Waals surface area contributed by atoms with Crippen LogP contribution in [0, 0.1) is 0 Å². The number of methoxy groups -OCH3 is 1. The first-order valence-electron chi connectivity index (χ1n) is 10.1. The molecule has 1 amide bonds. The highest BCUT2D eigenvalue weighted by molar-refractivity contribution is 5.92. The number of rotatable bonds is 9. The van der Waals surface area contributed by atoms with Crippen molar-refractivity contribution in [3.05, 3.63) is 66.0 Å². The maximum absolute atomic E-state index is 13.0. The van der Waals surface area contributed by atoms with Crippen molar-refractivity contribution in [3.8, 4) is 5.75 Å². The zero-order valence-electron chi connectivity index (χ0n) is 17.0. The Morgan fingerprint density at radius 2 is 1.97 bits per heavy atom. The molecule has 1 aromatic carbocycles. The van der Waals surface area contributed by atoms with Gasteiger partial charge in [0, 0.05) is 56.8 Å². The average molecular weight is 396 g/mol. The second kappa shape index (κ2) is 11.3. The van der Waals surface area contributed by atoms with Crippen LogP contribution in [0.4, 0.5) is 0 Å². The number of benzene rings is 1. The van der Waals surface area contributed by atoms with Gasteiger partial charge >= 0.3 is 0 Å². The maximum atomic E-state index is 13.0. The SMILES string of the molecule is COc1ccccc1/C=C/C(=O)N(CCCN1CCOCC1)Cc1ccncc1. The Morgan fingerprint density at radius 3 is 2.72 bits per heavy atom. The minimum Gasteiger partial charge on any atom is -0.496 e. The molecule has 0 saturated carbocycles. The molecule has 3 rings (SSSR count). The number of pyridine rings is 1. The van der Waals surface area contributed by atoms with Gasteiger partial charge in [0.2, 0.25) is 5.91 Å². The Bertz CT molecular complexity index is 789. The van der Waals surface area contributed by atoms with Crippen LogP contribution >= 0.6 is 0 Å². The van der Waals surface area contributed by atoms with E-state index in [9.17, 15) is 4.79 Å². The fourth-order valence-electron chi connectivity index (χ4n) is 3.36. The van der Waals surface area contributed by atoms with Crippen molar-refractivity contribution in [1.29, 1.82) is 0 Å². The Balaban J connectivity index is 1.64. The van der Waals surface area contributed by atoms with Gasteiger partial charge in [0.05, 0.1) is 20.3 Å². The van der Waals surface area contributed by atoms with Crippen molar-refractivity contribution in [2.45, 2.75) is 13.0 Å². The molecular weight excluding hydrogens is 366 g/mol. The van der Waals surface area contributed by atoms with Crippen LogP contribution in [-0.4, -0.2) is 67.2 Å². The third-order valence-electron chi connectivity index (χ3n) is 4.98. The quantitative estimate of drug-likeness (QED) is 0.611. The second-order valence-electron chi connectivity index (χ2n) is 7.00. The molecule has 0 atom stereocenters. The molecule has 0 N–H and O–H groups in total. The largest absolute Gasteiger partial charge is 0.496 e. The van der Waals surface area contributed by atoms with E-state index in [1.165, 1.54) is 0 Å². The van der Waals surface area contributed by atoms with E-state index in [0.717, 1.165) is 56.1 Å². The molecule has 6 nitrogen and oxygen atoms in total. The monoisotopic (exact) mass is 395 g/mol. The van der Waals surface area contributed by atoms with Gasteiger partial charge in [-0.1, -0.05) is 18.2 Å². The normalized spacial score (nSPS) is 14.8. The molecule has 2 heterocycles. The third kappa shape index (κ3) is 6.69. The molecule has 0 bridgehead atoms. The number of morpholine rings is 1. The zero-order chi connectivity index (χ0) is 20.3. The number of para-hydroxylation sites is 1. The molecule has 0 aliphatic carbocycles. The lowest BCUT2D eigenvalue weighted by molar-refractivity contribution is -0.126. The van der Waals surface area contributed by atoms with Crippen molar-refractivity contribution >= 4 is 12.0 Å². The Labute approximate surface area is 172 Å². The summed E-state index contributed by atoms with van der Waals surface area (Å²) in [6.07, 6.45) is 7.91. The molecule has 1 aliphatic heterocycles. The summed E-state index contributed by atoms with van der Waals surface area (Å²) in [5, 5.41) is 0. The van der Waals surface area contributed by atoms with Crippen molar-refractivity contribution in [1.82, 2.24) is 14.8 Å². The van der Waals surface area contributed by atoms with Gasteiger partial charge in [0.15, 0.2) is 0 Å². The van der Waals surface area contributed by atoms with Crippen LogP contribution in [0.5, 0.6) is 5.75 Å². The molecular formula is C23H29N3O3. The summed E-state index contributed by atoms with van der Waals surface area (Å²) in [6, 6.07) is 11.6. The van der Waals surface area contributed by atoms with Crippen molar-refractivity contribution < 1.29 is 14.3 Å². The van der Waals surface area contributed by atoms with Crippen molar-refractivity contribution in [3.63, 3.8) is 0 Å². The van der Waals surface area contributed by atoms with Gasteiger partial charge in [-0.25, -0.2) is 0 Å². The Kier molecular flexibility index (Phi) is 8.22. The van der Waals surface area contributed by atoms with Gasteiger partial charge in [-0.2, -0.15) is 0 Å². The second-order valence-corrected chi connectivity index (χ2v) is 7.00. The molecule has 1 aliphatic rings. The maximum Gasteiger partial charge on any atom is 0.246 e. The number of carbonyl (C=O) groups is 1. The highest BCUT2D eigenvalue weighted by atomic mass is 16.5. The van der Waals surface area contributed by atoms with Gasteiger partial charge in [-0.05, 0) is 36.3 Å². The molecule has 154 valence electrons. The fraction of sp³-hybridized carbons (Fsp3) is 0.391. The van der Waals surface area contributed by atoms with E-state index >= 15 is 0 Å². The van der Waals surface area contributed by atoms with E-state index in [1.807, 2.05) is 47.4 Å². The molecule has 1 aromatic heterocycles. The number of carbonyl (C=O) groups excluding carboxylic acids is 1. The van der Waals surface area contributed by atoms with E-state index in [1.54, 1.807) is 25.6 Å². The van der Waals surface area contributed by atoms with Gasteiger partial charge in [-0.15, -0.1) is 0 Å². The van der Waals surface area contributed by atoms with Crippen LogP contribution in [-0.2, 0) is 16.1 Å². The lowest BCUT2D eigenvalue weighted by Gasteiger charge is -2.28. The molecule has 29 heavy (non-hydrogen) atoms. The highest BCUT2D eigenvalue weighted by Gasteiger charge is 2.14. The minimum atomic E-state index is -0.00491. The van der Waals surface area contributed by atoms with Gasteiger partial charge in [-0.3, -0.25) is 14.7 Å². The standard InChI is InChI=1S/C23H29N3O3/c1-28-22-6-3-2-5-21(22)7-8-23(27)26(19-20-9-11-24-12-10-20)14-4-13-25-15-17-29-18-16-25/h2-3,5-12H,4,13-19H2,1H3/b8-7+. The summed E-state index contributed by atoms with van der Waals surface area (Å²) >= 11 is 0. The summed E-state index contributed by atoms with van der Waals surface area (Å²) in [6.45, 7) is 5.76. The number of hydrogen-bond acceptors (Lipinski definition) is 5. The van der Waals surface area contributed by atoms with Crippen LogP contribution in [0.3, 0.4) is 0 Å². The van der Waals surface area contributed by atoms with E-state index in [-0.39, 0.29) is 5.91 Å². The smallest absolute Gasteiger partial charge is 0.246 e. The summed E-state index contributed by atoms with van der Waals surface area (Å²) in [5.74, 6) is 0.749. The summed E-state index contributed by atoms with van der Waals surface area (Å²) in [4.78, 5) is 21.3. The number of ether oxygens (including phenoxy) is 2. The molecule has 0 radical (unpaired) electrons. The van der Waals surface area contributed by atoms with Crippen LogP contribution < -0.4 is 4.74 Å². The highest BCUT2D eigenvalue weighted by Crippen LogP contribution is 2.19. The Morgan fingerprint density at radius 1 is 1.21 bits per heavy atom. The number of amides is 1. The molecule has 0 spiro atoms. The topological polar surface area (TPSA) is 54.9 Å². The molecule has 0 unspecified atom stereocenters. The Hall–Kier alpha value is -2.70. The first-order chi connectivity index (χ1) is 14.3. The number of nitrogens with zero attached hydrogens (tertiary/aromatic N) is 3. The van der Waals surface area contributed by atoms with Crippen LogP contribution in [0.1, 0.15) is 17.5 Å². The predicted octanol–water partition coefficient (Wildman–Crippen LogP) is 2.85. The zero-order valence-corrected chi connectivity index (χ0v) is 17.0. The van der Waals surface area contributed by atoms with E-state index in [0.29, 0.717) is 13.1 Å². The van der Waals surface area contributed by atoms with Gasteiger partial charge in [0.1, 0.15) is 5.75 Å². The summed E-state index contributed by atoms with van der Waals surface area (Å²) in [5.41, 5.74) is 1.96. The van der Waals surface area contributed by atoms with E-state index < -0.39 is 0 Å². The first kappa shape index (κ1) is 21.0. The van der Waals surface area contributed by atoms with Gasteiger partial charge in [0.25, 0.3) is 0 Å². The number of aromatic nitrogens is 1. The van der Waals surface area contributed by atoms with Crippen molar-refractivity contribution in [2.75, 3.05) is 46.5 Å². The lowest BCUT2D eigenvalue weighted by atomic mass is 10.1. The molecule has 1 saturated heterocycles. The summed E-state index contributed by atoms with van der Waals surface area (Å²) in [7, 11) is 1.63. The van der Waals surface area contributed by atoms with Crippen molar-refractivity contribution in [2.24, 2.45) is 0 Å². The van der Waals surface area contributed by atoms with Crippen LogP contribution in [0.2, 0.25) is 0 Å². The molecule has 1 fully saturated rings. The first-order valence-corrected chi connectivity index (χ1v) is 10.1. The minimum absolute atomic E-state index is 0.00491. The number of hydrogen-bond donors (Lipinski definition) is 0. The average Bonchev–Trinajstić information content (AvgIpc) is 2.78. The molecule has 2 aromatic rings. The third-order valence-corrected chi connectivity index (χ3v) is 4.98. The predicted molar refractivity (Wildman–Crippen MR) is 114 cm³/mol. The van der Waals surface area contributed by atoms with E-state index in [4.69, 9.17) is 9.47 Å². The summed E-state index contributed by atoms with van der Waals surface area (Å²) < 4.78 is 10.8. The van der Waals surface area contributed by atoms with E-state index in [2.05, 4.69) is 9.88 Å². The van der Waals surface area contributed by atoms with Gasteiger partial charge < -0.3 is 14.4 Å². The molecule has 6 heteroatoms. The fourth-order valence-corrected chi connectivity index (χ4v) is 3.36. The van der Waals surface area contributed by atoms with Crippen LogP contribution in [0.25, 0.3) is 6.08 Å². The lowest BCUT2D eigenvalue weighted by Crippen LogP contribution is -2.38.